The minimum atomic E-state index is -0.437. The standard InChI is InChI=1S/C29H24N2O7/c1-16-3-4-18(9-17(16)2)28(33)21-13-31(14-27(32)30-19-5-6-23-24(10-19)38-15-37-23)22-12-26-25(35-7-8-36-26)11-20(22)29(21)34/h3-6,9-13H,7-8,14-15H2,1-2H3,(H,30,32). The number of anilines is 1. The van der Waals surface area contributed by atoms with Crippen LogP contribution in [0.2, 0.25) is 0 Å². The van der Waals surface area contributed by atoms with Crippen LogP contribution < -0.4 is 29.7 Å². The number of hydrogen-bond donors (Lipinski definition) is 1. The van der Waals surface area contributed by atoms with Crippen molar-refractivity contribution < 1.29 is 28.5 Å². The summed E-state index contributed by atoms with van der Waals surface area (Å²) in [5.74, 6) is 1.28. The Morgan fingerprint density at radius 1 is 0.842 bits per heavy atom. The number of nitrogens with one attached hydrogen (secondary N) is 1. The van der Waals surface area contributed by atoms with Gasteiger partial charge in [0.15, 0.2) is 28.8 Å². The molecule has 38 heavy (non-hydrogen) atoms. The Balaban J connectivity index is 1.41. The van der Waals surface area contributed by atoms with Gasteiger partial charge in [0.25, 0.3) is 0 Å². The van der Waals surface area contributed by atoms with Crippen LogP contribution in [0.3, 0.4) is 0 Å². The van der Waals surface area contributed by atoms with Crippen LogP contribution in [-0.4, -0.2) is 36.3 Å². The Labute approximate surface area is 217 Å². The molecule has 0 unspecified atom stereocenters. The molecule has 0 saturated carbocycles. The molecule has 9 nitrogen and oxygen atoms in total. The second-order valence-corrected chi connectivity index (χ2v) is 9.26. The van der Waals surface area contributed by atoms with Crippen LogP contribution in [0.15, 0.2) is 59.5 Å². The lowest BCUT2D eigenvalue weighted by atomic mass is 9.98. The molecule has 1 N–H and O–H groups in total. The number of ketones is 1. The van der Waals surface area contributed by atoms with Crippen molar-refractivity contribution in [2.45, 2.75) is 20.4 Å². The minimum absolute atomic E-state index is 0.0340. The Morgan fingerprint density at radius 3 is 2.37 bits per heavy atom. The molecule has 6 rings (SSSR count). The third-order valence-corrected chi connectivity index (χ3v) is 6.73. The first-order chi connectivity index (χ1) is 18.4. The molecule has 0 radical (unpaired) electrons. The van der Waals surface area contributed by atoms with Crippen molar-refractivity contribution in [2.24, 2.45) is 0 Å². The molecule has 192 valence electrons. The number of aryl methyl sites for hydroxylation is 2. The van der Waals surface area contributed by atoms with Crippen LogP contribution in [0.25, 0.3) is 10.9 Å². The third kappa shape index (κ3) is 4.21. The van der Waals surface area contributed by atoms with Crippen molar-refractivity contribution in [2.75, 3.05) is 25.3 Å². The summed E-state index contributed by atoms with van der Waals surface area (Å²) in [6.07, 6.45) is 1.44. The average Bonchev–Trinajstić information content (AvgIpc) is 3.38. The van der Waals surface area contributed by atoms with Gasteiger partial charge in [-0.3, -0.25) is 14.4 Å². The molecule has 3 aromatic carbocycles. The number of amides is 1. The minimum Gasteiger partial charge on any atom is -0.486 e. The van der Waals surface area contributed by atoms with E-state index in [1.165, 1.54) is 6.20 Å². The Kier molecular flexibility index (Phi) is 5.75. The summed E-state index contributed by atoms with van der Waals surface area (Å²) in [4.78, 5) is 40.2. The van der Waals surface area contributed by atoms with Gasteiger partial charge in [0.1, 0.15) is 19.8 Å². The molecule has 9 heteroatoms. The van der Waals surface area contributed by atoms with Gasteiger partial charge in [-0.15, -0.1) is 0 Å². The number of ether oxygens (including phenoxy) is 4. The lowest BCUT2D eigenvalue weighted by Gasteiger charge is -2.20. The fourth-order valence-electron chi connectivity index (χ4n) is 4.59. The van der Waals surface area contributed by atoms with Gasteiger partial charge in [-0.25, -0.2) is 0 Å². The number of nitrogens with zero attached hydrogens (tertiary/aromatic N) is 1. The van der Waals surface area contributed by atoms with Crippen molar-refractivity contribution in [3.63, 3.8) is 0 Å². The van der Waals surface area contributed by atoms with Gasteiger partial charge in [0, 0.05) is 29.6 Å². The van der Waals surface area contributed by atoms with Gasteiger partial charge in [-0.2, -0.15) is 0 Å². The van der Waals surface area contributed by atoms with Crippen LogP contribution >= 0.6 is 0 Å². The van der Waals surface area contributed by atoms with E-state index in [2.05, 4.69) is 5.32 Å². The van der Waals surface area contributed by atoms with E-state index in [1.807, 2.05) is 19.9 Å². The highest BCUT2D eigenvalue weighted by Gasteiger charge is 2.22. The van der Waals surface area contributed by atoms with E-state index >= 15 is 0 Å². The molecular weight excluding hydrogens is 488 g/mol. The number of hydrogen-bond acceptors (Lipinski definition) is 7. The second-order valence-electron chi connectivity index (χ2n) is 9.26. The van der Waals surface area contributed by atoms with Gasteiger partial charge < -0.3 is 28.8 Å². The molecule has 2 aliphatic rings. The molecule has 0 atom stereocenters. The molecule has 2 aliphatic heterocycles. The first kappa shape index (κ1) is 23.6. The van der Waals surface area contributed by atoms with Crippen molar-refractivity contribution >= 4 is 28.3 Å². The maximum Gasteiger partial charge on any atom is 0.244 e. The summed E-state index contributed by atoms with van der Waals surface area (Å²) < 4.78 is 23.7. The highest BCUT2D eigenvalue weighted by Crippen LogP contribution is 2.35. The number of rotatable bonds is 5. The smallest absolute Gasteiger partial charge is 0.244 e. The average molecular weight is 513 g/mol. The maximum atomic E-state index is 13.6. The number of carbonyl (C=O) groups excluding carboxylic acids is 2. The summed E-state index contributed by atoms with van der Waals surface area (Å²) in [7, 11) is 0. The Bertz CT molecular complexity index is 1690. The monoisotopic (exact) mass is 512 g/mol. The van der Waals surface area contributed by atoms with Gasteiger partial charge in [0.2, 0.25) is 18.1 Å². The molecule has 0 bridgehead atoms. The third-order valence-electron chi connectivity index (χ3n) is 6.73. The first-order valence-electron chi connectivity index (χ1n) is 12.2. The number of benzene rings is 3. The molecule has 1 aromatic heterocycles. The number of carbonyl (C=O) groups is 2. The van der Waals surface area contributed by atoms with Crippen LogP contribution in [0.5, 0.6) is 23.0 Å². The predicted octanol–water partition coefficient (Wildman–Crippen LogP) is 3.99. The highest BCUT2D eigenvalue weighted by atomic mass is 16.7. The molecule has 0 saturated heterocycles. The number of pyridine rings is 1. The molecule has 0 fully saturated rings. The van der Waals surface area contributed by atoms with E-state index in [0.29, 0.717) is 53.0 Å². The van der Waals surface area contributed by atoms with E-state index in [1.54, 1.807) is 47.0 Å². The highest BCUT2D eigenvalue weighted by molar-refractivity contribution is 6.10. The lowest BCUT2D eigenvalue weighted by molar-refractivity contribution is -0.116. The van der Waals surface area contributed by atoms with E-state index in [-0.39, 0.29) is 30.2 Å². The molecule has 0 spiro atoms. The van der Waals surface area contributed by atoms with E-state index in [9.17, 15) is 14.4 Å². The topological polar surface area (TPSA) is 105 Å². The summed E-state index contributed by atoms with van der Waals surface area (Å²) in [6, 6.07) is 13.7. The first-order valence-corrected chi connectivity index (χ1v) is 12.2. The molecule has 3 heterocycles. The quantitative estimate of drug-likeness (QED) is 0.403. The SMILES string of the molecule is Cc1ccc(C(=O)c2cn(CC(=O)Nc3ccc4c(c3)OCO4)c3cc4c(cc3c2=O)OCCO4)cc1C. The zero-order chi connectivity index (χ0) is 26.4. The molecular formula is C29H24N2O7. The van der Waals surface area contributed by atoms with Crippen LogP contribution in [0.4, 0.5) is 5.69 Å². The van der Waals surface area contributed by atoms with Crippen LogP contribution in [0.1, 0.15) is 27.0 Å². The Hall–Kier alpha value is -4.79. The Morgan fingerprint density at radius 2 is 1.58 bits per heavy atom. The van der Waals surface area contributed by atoms with Gasteiger partial charge in [-0.1, -0.05) is 12.1 Å². The number of fused-ring (bicyclic) bond motifs is 3. The van der Waals surface area contributed by atoms with Crippen molar-refractivity contribution in [3.05, 3.63) is 87.2 Å². The van der Waals surface area contributed by atoms with E-state index in [4.69, 9.17) is 18.9 Å². The molecule has 4 aromatic rings. The van der Waals surface area contributed by atoms with Crippen molar-refractivity contribution in [1.29, 1.82) is 0 Å². The molecule has 1 amide bonds. The van der Waals surface area contributed by atoms with Gasteiger partial charge >= 0.3 is 0 Å². The van der Waals surface area contributed by atoms with E-state index in [0.717, 1.165) is 11.1 Å². The zero-order valence-corrected chi connectivity index (χ0v) is 20.8. The summed E-state index contributed by atoms with van der Waals surface area (Å²) >= 11 is 0. The van der Waals surface area contributed by atoms with Crippen molar-refractivity contribution in [1.82, 2.24) is 4.57 Å². The fourth-order valence-corrected chi connectivity index (χ4v) is 4.59. The zero-order valence-electron chi connectivity index (χ0n) is 20.8. The normalized spacial score (nSPS) is 13.4. The number of aromatic nitrogens is 1. The predicted molar refractivity (Wildman–Crippen MR) is 140 cm³/mol. The van der Waals surface area contributed by atoms with Gasteiger partial charge in [0.05, 0.1) is 16.5 Å². The molecule has 0 aliphatic carbocycles. The van der Waals surface area contributed by atoms with E-state index < -0.39 is 11.2 Å². The maximum absolute atomic E-state index is 13.6. The van der Waals surface area contributed by atoms with Crippen LogP contribution in [0, 0.1) is 13.8 Å². The summed E-state index contributed by atoms with van der Waals surface area (Å²) in [5, 5.41) is 3.11. The van der Waals surface area contributed by atoms with Gasteiger partial charge in [-0.05, 0) is 49.2 Å². The van der Waals surface area contributed by atoms with Crippen molar-refractivity contribution in [3.8, 4) is 23.0 Å². The largest absolute Gasteiger partial charge is 0.486 e. The summed E-state index contributed by atoms with van der Waals surface area (Å²) in [6.45, 7) is 4.57. The second kappa shape index (κ2) is 9.26. The summed E-state index contributed by atoms with van der Waals surface area (Å²) in [5.41, 5.74) is 2.90. The van der Waals surface area contributed by atoms with Crippen LogP contribution in [-0.2, 0) is 11.3 Å². The lowest BCUT2D eigenvalue weighted by Crippen LogP contribution is -2.25. The fraction of sp³-hybridized carbons (Fsp3) is 0.207.